The van der Waals surface area contributed by atoms with Crippen molar-refractivity contribution in [2.24, 2.45) is 5.92 Å². The van der Waals surface area contributed by atoms with Gasteiger partial charge in [0.1, 0.15) is 6.54 Å². The van der Waals surface area contributed by atoms with Crippen molar-refractivity contribution in [3.63, 3.8) is 0 Å². The molecular weight excluding hydrogens is 466 g/mol. The number of hydrogen-bond acceptors (Lipinski definition) is 4. The third kappa shape index (κ3) is 7.73. The lowest BCUT2D eigenvalue weighted by molar-refractivity contribution is -0.133. The Kier molecular flexibility index (Phi) is 9.99. The van der Waals surface area contributed by atoms with E-state index in [9.17, 15) is 9.59 Å². The maximum Gasteiger partial charge on any atom is 0.290 e. The molecule has 7 nitrogen and oxygen atoms in total. The van der Waals surface area contributed by atoms with Gasteiger partial charge in [0.25, 0.3) is 5.91 Å². The number of carbonyl (C=O) groups is 2. The van der Waals surface area contributed by atoms with Gasteiger partial charge in [0, 0.05) is 50.3 Å². The second kappa shape index (κ2) is 13.2. The molecule has 0 unspecified atom stereocenters. The van der Waals surface area contributed by atoms with Crippen molar-refractivity contribution >= 4 is 23.4 Å². The zero-order chi connectivity index (χ0) is 25.2. The fourth-order valence-electron chi connectivity index (χ4n) is 3.92. The molecule has 35 heavy (non-hydrogen) atoms. The Morgan fingerprint density at radius 2 is 1.89 bits per heavy atom. The van der Waals surface area contributed by atoms with Crippen LogP contribution in [0.2, 0.25) is 5.02 Å². The molecule has 0 N–H and O–H groups in total. The van der Waals surface area contributed by atoms with E-state index in [1.165, 1.54) is 11.2 Å². The summed E-state index contributed by atoms with van der Waals surface area (Å²) in [6, 6.07) is 15.0. The lowest BCUT2D eigenvalue weighted by Crippen LogP contribution is -2.44. The molecule has 0 aliphatic heterocycles. The van der Waals surface area contributed by atoms with E-state index in [2.05, 4.69) is 18.4 Å². The van der Waals surface area contributed by atoms with Gasteiger partial charge in [0.15, 0.2) is 5.76 Å². The molecule has 2 amide bonds. The highest BCUT2D eigenvalue weighted by atomic mass is 35.5. The number of benzene rings is 1. The van der Waals surface area contributed by atoms with Crippen molar-refractivity contribution in [1.82, 2.24) is 14.4 Å². The summed E-state index contributed by atoms with van der Waals surface area (Å²) in [5, 5.41) is 0.713. The van der Waals surface area contributed by atoms with Gasteiger partial charge < -0.3 is 23.5 Å². The topological polar surface area (TPSA) is 67.9 Å². The van der Waals surface area contributed by atoms with Crippen LogP contribution in [0.4, 0.5) is 0 Å². The highest BCUT2D eigenvalue weighted by molar-refractivity contribution is 6.31. The van der Waals surface area contributed by atoms with Crippen LogP contribution in [0.15, 0.2) is 65.4 Å². The highest BCUT2D eigenvalue weighted by Gasteiger charge is 2.25. The zero-order valence-electron chi connectivity index (χ0n) is 20.7. The van der Waals surface area contributed by atoms with Gasteiger partial charge in [-0.3, -0.25) is 9.59 Å². The van der Waals surface area contributed by atoms with Gasteiger partial charge >= 0.3 is 0 Å². The number of halogens is 1. The molecule has 0 radical (unpaired) electrons. The molecule has 2 aromatic heterocycles. The molecule has 3 aromatic rings. The Morgan fingerprint density at radius 3 is 2.57 bits per heavy atom. The van der Waals surface area contributed by atoms with E-state index in [0.717, 1.165) is 11.3 Å². The van der Waals surface area contributed by atoms with E-state index >= 15 is 0 Å². The van der Waals surface area contributed by atoms with Gasteiger partial charge in [-0.05, 0) is 48.2 Å². The Bertz CT molecular complexity index is 1080. The van der Waals surface area contributed by atoms with Crippen LogP contribution in [0.25, 0.3) is 0 Å². The Balaban J connectivity index is 1.76. The predicted molar refractivity (Wildman–Crippen MR) is 136 cm³/mol. The van der Waals surface area contributed by atoms with Crippen LogP contribution in [-0.2, 0) is 22.6 Å². The largest absolute Gasteiger partial charge is 0.459 e. The number of aromatic nitrogens is 1. The molecule has 8 heteroatoms. The standard InChI is InChI=1S/C27H34ClN3O4/c1-21(2)17-31(19-23-10-6-13-29(23)18-22-9-4-5-11-24(22)28)26(32)20-30(14-8-15-34-3)27(33)25-12-7-16-35-25/h4-7,9-13,16,21H,8,14-15,17-20H2,1-3H3. The number of hydrogen-bond donors (Lipinski definition) is 0. The molecule has 188 valence electrons. The first-order valence-corrected chi connectivity index (χ1v) is 12.2. The first kappa shape index (κ1) is 26.6. The van der Waals surface area contributed by atoms with Crippen LogP contribution in [0.1, 0.15) is 42.1 Å². The number of carbonyl (C=O) groups excluding carboxylic acids is 2. The van der Waals surface area contributed by atoms with E-state index in [1.54, 1.807) is 19.2 Å². The van der Waals surface area contributed by atoms with Gasteiger partial charge in [-0.25, -0.2) is 0 Å². The molecule has 0 saturated carbocycles. The van der Waals surface area contributed by atoms with Crippen molar-refractivity contribution in [3.05, 3.63) is 83.0 Å². The van der Waals surface area contributed by atoms with E-state index in [1.807, 2.05) is 47.5 Å². The normalized spacial score (nSPS) is 11.1. The molecule has 0 spiro atoms. The molecule has 3 rings (SSSR count). The van der Waals surface area contributed by atoms with Gasteiger partial charge in [0.2, 0.25) is 5.91 Å². The highest BCUT2D eigenvalue weighted by Crippen LogP contribution is 2.19. The van der Waals surface area contributed by atoms with Crippen LogP contribution in [0, 0.1) is 5.92 Å². The summed E-state index contributed by atoms with van der Waals surface area (Å²) in [5.74, 6) is 0.0838. The third-order valence-electron chi connectivity index (χ3n) is 5.63. The first-order chi connectivity index (χ1) is 16.9. The molecule has 2 heterocycles. The van der Waals surface area contributed by atoms with Crippen molar-refractivity contribution < 1.29 is 18.7 Å². The molecule has 0 saturated heterocycles. The number of furan rings is 1. The number of nitrogens with zero attached hydrogens (tertiary/aromatic N) is 3. The van der Waals surface area contributed by atoms with E-state index in [0.29, 0.717) is 44.2 Å². The smallest absolute Gasteiger partial charge is 0.290 e. The molecule has 0 atom stereocenters. The van der Waals surface area contributed by atoms with Gasteiger partial charge in [-0.15, -0.1) is 0 Å². The number of rotatable bonds is 13. The average molecular weight is 500 g/mol. The summed E-state index contributed by atoms with van der Waals surface area (Å²) >= 11 is 6.37. The third-order valence-corrected chi connectivity index (χ3v) is 6.00. The summed E-state index contributed by atoms with van der Waals surface area (Å²) in [6.07, 6.45) is 4.08. The molecule has 0 aliphatic carbocycles. The van der Waals surface area contributed by atoms with Gasteiger partial charge in [0.05, 0.1) is 12.8 Å². The van der Waals surface area contributed by atoms with Gasteiger partial charge in [-0.2, -0.15) is 0 Å². The quantitative estimate of drug-likeness (QED) is 0.312. The summed E-state index contributed by atoms with van der Waals surface area (Å²) in [5.41, 5.74) is 2.02. The second-order valence-corrected chi connectivity index (χ2v) is 9.34. The van der Waals surface area contributed by atoms with Crippen molar-refractivity contribution in [2.75, 3.05) is 33.4 Å². The lowest BCUT2D eigenvalue weighted by atomic mass is 10.2. The van der Waals surface area contributed by atoms with Crippen LogP contribution in [0.3, 0.4) is 0 Å². The van der Waals surface area contributed by atoms with E-state index in [4.69, 9.17) is 20.8 Å². The van der Waals surface area contributed by atoms with E-state index in [-0.39, 0.29) is 30.0 Å². The van der Waals surface area contributed by atoms with Crippen LogP contribution in [-0.4, -0.2) is 59.5 Å². The minimum Gasteiger partial charge on any atom is -0.459 e. The van der Waals surface area contributed by atoms with Crippen molar-refractivity contribution in [1.29, 1.82) is 0 Å². The fraction of sp³-hybridized carbons (Fsp3) is 0.407. The molecule has 0 fully saturated rings. The summed E-state index contributed by atoms with van der Waals surface area (Å²) in [6.45, 7) is 6.67. The SMILES string of the molecule is COCCCN(CC(=O)N(Cc1cccn1Cc1ccccc1Cl)CC(C)C)C(=O)c1ccco1. The minimum atomic E-state index is -0.300. The molecular formula is C27H34ClN3O4. The first-order valence-electron chi connectivity index (χ1n) is 11.9. The number of methoxy groups -OCH3 is 1. The Morgan fingerprint density at radius 1 is 1.09 bits per heavy atom. The van der Waals surface area contributed by atoms with Gasteiger partial charge in [-0.1, -0.05) is 43.6 Å². The Hall–Kier alpha value is -3.03. The van der Waals surface area contributed by atoms with Crippen LogP contribution >= 0.6 is 11.6 Å². The average Bonchev–Trinajstić information content (AvgIpc) is 3.51. The molecule has 1 aromatic carbocycles. The van der Waals surface area contributed by atoms with Crippen LogP contribution < -0.4 is 0 Å². The summed E-state index contributed by atoms with van der Waals surface area (Å²) < 4.78 is 12.5. The number of ether oxygens (including phenoxy) is 1. The lowest BCUT2D eigenvalue weighted by Gasteiger charge is -2.29. The monoisotopic (exact) mass is 499 g/mol. The van der Waals surface area contributed by atoms with Crippen molar-refractivity contribution in [3.8, 4) is 0 Å². The van der Waals surface area contributed by atoms with Crippen LogP contribution in [0.5, 0.6) is 0 Å². The molecule has 0 aliphatic rings. The van der Waals surface area contributed by atoms with Crippen molar-refractivity contribution in [2.45, 2.75) is 33.4 Å². The fourth-order valence-corrected chi connectivity index (χ4v) is 4.12. The zero-order valence-corrected chi connectivity index (χ0v) is 21.4. The minimum absolute atomic E-state index is 0.0266. The van der Waals surface area contributed by atoms with E-state index < -0.39 is 0 Å². The second-order valence-electron chi connectivity index (χ2n) is 8.94. The molecule has 0 bridgehead atoms. The maximum absolute atomic E-state index is 13.5. The number of amides is 2. The summed E-state index contributed by atoms with van der Waals surface area (Å²) in [7, 11) is 1.62. The summed E-state index contributed by atoms with van der Waals surface area (Å²) in [4.78, 5) is 29.8. The predicted octanol–water partition coefficient (Wildman–Crippen LogP) is 4.95. The maximum atomic E-state index is 13.5. The Labute approximate surface area is 212 Å².